The monoisotopic (exact) mass is 436 g/mol. The van der Waals surface area contributed by atoms with Gasteiger partial charge in [-0.3, -0.25) is 0 Å². The van der Waals surface area contributed by atoms with Crippen molar-refractivity contribution in [1.82, 2.24) is 9.80 Å². The summed E-state index contributed by atoms with van der Waals surface area (Å²) in [6, 6.07) is 0. The van der Waals surface area contributed by atoms with Crippen LogP contribution in [-0.2, 0) is 65.2 Å². The van der Waals surface area contributed by atoms with Crippen LogP contribution in [0.1, 0.15) is 0 Å². The minimum Gasteiger partial charge on any atom is -0.854 e. The van der Waals surface area contributed by atoms with E-state index in [-0.39, 0.29) is 105 Å². The molecule has 0 aliphatic heterocycles. The third kappa shape index (κ3) is 28.9. The minimum absolute atomic E-state index is 0. The zero-order valence-corrected chi connectivity index (χ0v) is 18.0. The molecule has 0 bridgehead atoms. The van der Waals surface area contributed by atoms with Gasteiger partial charge in [0.05, 0.1) is 0 Å². The van der Waals surface area contributed by atoms with Crippen molar-refractivity contribution in [3.8, 4) is 0 Å². The Hall–Kier alpha value is 1.82. The fourth-order valence-corrected chi connectivity index (χ4v) is 1.45. The molecular weight excluding hydrogens is 412 g/mol. The van der Waals surface area contributed by atoms with E-state index in [1.165, 1.54) is 0 Å². The molecule has 130 valence electrons. The maximum Gasteiger partial charge on any atom is 2.00 e. The maximum atomic E-state index is 10.0. The average molecular weight is 436 g/mol. The Morgan fingerprint density at radius 2 is 0.478 bits per heavy atom. The van der Waals surface area contributed by atoms with E-state index in [4.69, 9.17) is 0 Å². The van der Waals surface area contributed by atoms with E-state index in [1.807, 2.05) is 0 Å². The van der Waals surface area contributed by atoms with Crippen LogP contribution in [0.15, 0.2) is 0 Å². The van der Waals surface area contributed by atoms with Crippen LogP contribution in [0.5, 0.6) is 0 Å². The summed E-state index contributed by atoms with van der Waals surface area (Å²) in [5.41, 5.74) is 0. The van der Waals surface area contributed by atoms with Crippen LogP contribution in [-0.4, -0.2) is 88.7 Å². The summed E-state index contributed by atoms with van der Waals surface area (Å²) < 4.78 is 0. The van der Waals surface area contributed by atoms with E-state index in [1.54, 1.807) is 9.80 Å². The molecule has 23 heavy (non-hydrogen) atoms. The first-order valence-corrected chi connectivity index (χ1v) is 6.63. The largest absolute Gasteiger partial charge is 2.00 e. The van der Waals surface area contributed by atoms with Crippen LogP contribution >= 0.6 is 0 Å². The molecule has 0 aromatic carbocycles. The van der Waals surface area contributed by atoms with Crippen molar-refractivity contribution >= 4 is 0 Å². The quantitative estimate of drug-likeness (QED) is 0.275. The number of hydrogen-bond acceptors (Lipinski definition) is 8. The number of hydrogen-bond donors (Lipinski definition) is 0. The fraction of sp³-hybridized carbons (Fsp3) is 1.00. The van der Waals surface area contributed by atoms with E-state index >= 15 is 0 Å². The molecule has 0 heterocycles. The van der Waals surface area contributed by atoms with Gasteiger partial charge in [-0.05, 0) is 39.3 Å². The van der Waals surface area contributed by atoms with Crippen LogP contribution in [0.2, 0.25) is 0 Å². The van der Waals surface area contributed by atoms with E-state index in [2.05, 4.69) is 0 Å². The minimum atomic E-state index is -0.236. The van der Waals surface area contributed by atoms with Gasteiger partial charge in [0, 0.05) is 0 Å². The summed E-state index contributed by atoms with van der Waals surface area (Å²) >= 11 is 0. The summed E-state index contributed by atoms with van der Waals surface area (Å²) in [6.07, 6.45) is 0. The molecule has 0 atom stereocenters. The third-order valence-corrected chi connectivity index (χ3v) is 2.45. The van der Waals surface area contributed by atoms with Gasteiger partial charge in [0.1, 0.15) is 0 Å². The van der Waals surface area contributed by atoms with Crippen molar-refractivity contribution in [2.75, 3.05) is 78.9 Å². The first-order valence-electron chi connectivity index (χ1n) is 6.63. The van der Waals surface area contributed by atoms with Gasteiger partial charge in [-0.2, -0.15) is 0 Å². The second-order valence-corrected chi connectivity index (χ2v) is 3.91. The fourth-order valence-electron chi connectivity index (χ4n) is 1.45. The van der Waals surface area contributed by atoms with Gasteiger partial charge in [-0.15, -0.1) is 39.6 Å². The maximum absolute atomic E-state index is 10.0. The predicted molar refractivity (Wildman–Crippen MR) is 62.1 cm³/mol. The molecule has 0 saturated heterocycles. The topological polar surface area (TPSA) is 145 Å². The molecule has 0 radical (unpaired) electrons. The van der Waals surface area contributed by atoms with Crippen molar-refractivity contribution in [2.45, 2.75) is 0 Å². The molecule has 0 fully saturated rings. The Morgan fingerprint density at radius 3 is 0.565 bits per heavy atom. The Kier molecular flexibility index (Phi) is 49.2. The van der Waals surface area contributed by atoms with Gasteiger partial charge in [0.2, 0.25) is 0 Å². The molecule has 0 aromatic rings. The first kappa shape index (κ1) is 35.9. The Labute approximate surface area is 183 Å². The molecule has 0 aliphatic rings. The summed E-state index contributed by atoms with van der Waals surface area (Å²) in [6.45, 7) is 0.527. The van der Waals surface area contributed by atoms with Gasteiger partial charge in [0.15, 0.2) is 0 Å². The van der Waals surface area contributed by atoms with Crippen molar-refractivity contribution in [3.63, 3.8) is 0 Å². The van der Waals surface area contributed by atoms with Crippen molar-refractivity contribution < 1.29 is 95.8 Å². The first-order chi connectivity index (χ1) is 9.69. The smallest absolute Gasteiger partial charge is 0.854 e. The molecule has 0 saturated carbocycles. The molecular formula is C12H24N2O6Ti3. The van der Waals surface area contributed by atoms with Gasteiger partial charge in [-0.25, -0.2) is 0 Å². The summed E-state index contributed by atoms with van der Waals surface area (Å²) in [4.78, 5) is 3.21. The van der Waals surface area contributed by atoms with Gasteiger partial charge >= 0.3 is 65.2 Å². The van der Waals surface area contributed by atoms with Crippen molar-refractivity contribution in [1.29, 1.82) is 0 Å². The molecule has 0 amide bonds. The Bertz CT molecular complexity index is 142. The number of nitrogens with zero attached hydrogens (tertiary/aromatic N) is 2. The van der Waals surface area contributed by atoms with Crippen LogP contribution in [0.3, 0.4) is 0 Å². The van der Waals surface area contributed by atoms with E-state index in [0.29, 0.717) is 39.3 Å². The predicted octanol–water partition coefficient (Wildman–Crippen LogP) is -7.27. The van der Waals surface area contributed by atoms with Crippen LogP contribution in [0, 0.1) is 0 Å². The normalized spacial score (nSPS) is 9.39. The van der Waals surface area contributed by atoms with Gasteiger partial charge < -0.3 is 40.4 Å². The summed E-state index contributed by atoms with van der Waals surface area (Å²) in [7, 11) is 0. The van der Waals surface area contributed by atoms with Crippen molar-refractivity contribution in [2.24, 2.45) is 0 Å². The van der Waals surface area contributed by atoms with Crippen LogP contribution in [0.25, 0.3) is 0 Å². The van der Waals surface area contributed by atoms with Crippen molar-refractivity contribution in [3.05, 3.63) is 0 Å². The van der Waals surface area contributed by atoms with Gasteiger partial charge in [-0.1, -0.05) is 0 Å². The third-order valence-electron chi connectivity index (χ3n) is 2.45. The van der Waals surface area contributed by atoms with E-state index in [9.17, 15) is 30.6 Å². The standard InChI is InChI=1S/2C6H12NO3.3Ti/c2*8-4-1-7(2-5-9)3-6-10;;;/h2*1-6H2;;;/q2*-3;3*+2. The van der Waals surface area contributed by atoms with E-state index < -0.39 is 0 Å². The molecule has 0 aromatic heterocycles. The molecule has 0 aliphatic carbocycles. The SMILES string of the molecule is [O-]CCN(CC[O-])CC[O-].[O-]CCN(CC[O-])CC[O-].[Ti+2].[Ti+2].[Ti+2]. The molecule has 0 N–H and O–H groups in total. The molecule has 0 rings (SSSR count). The molecule has 11 heteroatoms. The Morgan fingerprint density at radius 1 is 0.348 bits per heavy atom. The second-order valence-electron chi connectivity index (χ2n) is 3.91. The second kappa shape index (κ2) is 31.6. The zero-order chi connectivity index (χ0) is 15.6. The molecule has 8 nitrogen and oxygen atoms in total. The summed E-state index contributed by atoms with van der Waals surface area (Å²) in [5, 5.41) is 60.3. The Balaban J connectivity index is -0.0000000831. The molecule has 0 spiro atoms. The van der Waals surface area contributed by atoms with E-state index in [0.717, 1.165) is 0 Å². The zero-order valence-electron chi connectivity index (χ0n) is 13.3. The summed E-state index contributed by atoms with van der Waals surface area (Å²) in [5.74, 6) is 0. The average Bonchev–Trinajstić information content (AvgIpc) is 2.41. The van der Waals surface area contributed by atoms with Crippen LogP contribution < -0.4 is 30.6 Å². The molecule has 0 unspecified atom stereocenters. The van der Waals surface area contributed by atoms with Gasteiger partial charge in [0.25, 0.3) is 0 Å². The van der Waals surface area contributed by atoms with Crippen LogP contribution in [0.4, 0.5) is 0 Å². The number of rotatable bonds is 12.